The second kappa shape index (κ2) is 6.64. The molecule has 1 aromatic carbocycles. The Labute approximate surface area is 129 Å². The lowest BCUT2D eigenvalue weighted by Gasteiger charge is -2.25. The fourth-order valence-electron chi connectivity index (χ4n) is 2.82. The van der Waals surface area contributed by atoms with Crippen LogP contribution in [0.15, 0.2) is 30.3 Å². The van der Waals surface area contributed by atoms with Gasteiger partial charge >= 0.3 is 0 Å². The van der Waals surface area contributed by atoms with Crippen molar-refractivity contribution in [3.63, 3.8) is 0 Å². The number of hydrogen-bond donors (Lipinski definition) is 1. The predicted octanol–water partition coefficient (Wildman–Crippen LogP) is 2.05. The van der Waals surface area contributed by atoms with Crippen molar-refractivity contribution in [2.45, 2.75) is 39.0 Å². The molecule has 0 aliphatic heterocycles. The van der Waals surface area contributed by atoms with E-state index in [9.17, 15) is 19.2 Å². The van der Waals surface area contributed by atoms with E-state index >= 15 is 0 Å². The molecule has 0 saturated heterocycles. The Morgan fingerprint density at radius 3 is 2.41 bits per heavy atom. The Balaban J connectivity index is 2.14. The van der Waals surface area contributed by atoms with Crippen LogP contribution in [0.25, 0.3) is 0 Å². The Hall–Kier alpha value is -2.30. The lowest BCUT2D eigenvalue weighted by Crippen LogP contribution is -2.46. The zero-order valence-electron chi connectivity index (χ0n) is 12.6. The average Bonchev–Trinajstić information content (AvgIpc) is 2.88. The van der Waals surface area contributed by atoms with Crippen molar-refractivity contribution in [3.8, 4) is 0 Å². The number of ketones is 2. The third kappa shape index (κ3) is 3.30. The zero-order chi connectivity index (χ0) is 16.2. The summed E-state index contributed by atoms with van der Waals surface area (Å²) >= 11 is 0. The molecule has 0 heterocycles. The molecular weight excluding hydrogens is 282 g/mol. The molecule has 1 N–H and O–H groups in total. The lowest BCUT2D eigenvalue weighted by molar-refractivity contribution is -0.140. The van der Waals surface area contributed by atoms with Crippen molar-refractivity contribution >= 4 is 23.4 Å². The molecule has 1 fully saturated rings. The normalized spacial score (nSPS) is 20.7. The van der Waals surface area contributed by atoms with Crippen molar-refractivity contribution < 1.29 is 19.2 Å². The third-order valence-corrected chi connectivity index (χ3v) is 4.14. The van der Waals surface area contributed by atoms with E-state index in [1.807, 2.05) is 0 Å². The van der Waals surface area contributed by atoms with E-state index in [0.29, 0.717) is 24.8 Å². The van der Waals surface area contributed by atoms with Gasteiger partial charge in [0.05, 0.1) is 0 Å². The Kier molecular flexibility index (Phi) is 4.85. The Bertz CT molecular complexity index is 608. The third-order valence-electron chi connectivity index (χ3n) is 4.14. The highest BCUT2D eigenvalue weighted by Gasteiger charge is 2.48. The Morgan fingerprint density at radius 2 is 1.86 bits per heavy atom. The molecule has 0 aromatic heterocycles. The molecule has 1 saturated carbocycles. The zero-order valence-corrected chi connectivity index (χ0v) is 12.6. The number of hydrogen-bond acceptors (Lipinski definition) is 4. The molecule has 22 heavy (non-hydrogen) atoms. The minimum Gasteiger partial charge on any atom is -0.300 e. The highest BCUT2D eigenvalue weighted by Crippen LogP contribution is 2.39. The van der Waals surface area contributed by atoms with Crippen molar-refractivity contribution in [1.82, 2.24) is 5.32 Å². The highest BCUT2D eigenvalue weighted by molar-refractivity contribution is 6.14. The van der Waals surface area contributed by atoms with Crippen molar-refractivity contribution in [1.29, 1.82) is 0 Å². The summed E-state index contributed by atoms with van der Waals surface area (Å²) in [6.45, 7) is 1.43. The van der Waals surface area contributed by atoms with Crippen molar-refractivity contribution in [2.24, 2.45) is 5.41 Å². The maximum absolute atomic E-state index is 12.5. The summed E-state index contributed by atoms with van der Waals surface area (Å²) in [6.07, 6.45) is 1.68. The van der Waals surface area contributed by atoms with Crippen LogP contribution < -0.4 is 5.32 Å². The molecule has 1 aliphatic carbocycles. The van der Waals surface area contributed by atoms with Gasteiger partial charge in [0.25, 0.3) is 5.91 Å². The van der Waals surface area contributed by atoms with Crippen LogP contribution in [-0.2, 0) is 14.4 Å². The van der Waals surface area contributed by atoms with E-state index in [-0.39, 0.29) is 24.4 Å². The van der Waals surface area contributed by atoms with Gasteiger partial charge < -0.3 is 4.79 Å². The van der Waals surface area contributed by atoms with Crippen molar-refractivity contribution in [2.75, 3.05) is 0 Å². The van der Waals surface area contributed by atoms with Gasteiger partial charge in [0, 0.05) is 18.4 Å². The van der Waals surface area contributed by atoms with E-state index in [2.05, 4.69) is 5.32 Å². The summed E-state index contributed by atoms with van der Waals surface area (Å²) in [7, 11) is 0. The molecule has 1 aliphatic rings. The SMILES string of the molecule is CC(=O)CC[C@]1(C(=O)NC(=O)c2ccccc2)CCCC1=O. The van der Waals surface area contributed by atoms with Crippen LogP contribution in [-0.4, -0.2) is 23.4 Å². The minimum absolute atomic E-state index is 0.0683. The summed E-state index contributed by atoms with van der Waals surface area (Å²) in [6, 6.07) is 8.37. The number of Topliss-reactive ketones (excluding diaryl/α,β-unsaturated/α-hetero) is 2. The molecule has 0 bridgehead atoms. The molecule has 1 atom stereocenters. The molecule has 2 amide bonds. The van der Waals surface area contributed by atoms with Crippen LogP contribution in [0.1, 0.15) is 49.4 Å². The van der Waals surface area contributed by atoms with E-state index in [1.54, 1.807) is 30.3 Å². The second-order valence-corrected chi connectivity index (χ2v) is 5.71. The van der Waals surface area contributed by atoms with E-state index in [0.717, 1.165) is 0 Å². The van der Waals surface area contributed by atoms with Crippen LogP contribution in [0.3, 0.4) is 0 Å². The average molecular weight is 301 g/mol. The minimum atomic E-state index is -1.23. The van der Waals surface area contributed by atoms with Gasteiger partial charge in [0.15, 0.2) is 0 Å². The molecule has 2 rings (SSSR count). The first-order valence-electron chi connectivity index (χ1n) is 7.39. The molecule has 5 heteroatoms. The summed E-state index contributed by atoms with van der Waals surface area (Å²) in [5.74, 6) is -1.34. The van der Waals surface area contributed by atoms with Gasteiger partial charge in [0.1, 0.15) is 17.0 Å². The van der Waals surface area contributed by atoms with Gasteiger partial charge in [0.2, 0.25) is 5.91 Å². The molecule has 0 unspecified atom stereocenters. The van der Waals surface area contributed by atoms with Gasteiger partial charge in [-0.2, -0.15) is 0 Å². The van der Waals surface area contributed by atoms with E-state index < -0.39 is 17.2 Å². The molecule has 1 aromatic rings. The van der Waals surface area contributed by atoms with E-state index in [4.69, 9.17) is 0 Å². The number of carbonyl (C=O) groups is 4. The quantitative estimate of drug-likeness (QED) is 0.666. The maximum Gasteiger partial charge on any atom is 0.257 e. The van der Waals surface area contributed by atoms with Crippen LogP contribution in [0.2, 0.25) is 0 Å². The monoisotopic (exact) mass is 301 g/mol. The largest absolute Gasteiger partial charge is 0.300 e. The lowest BCUT2D eigenvalue weighted by atomic mass is 9.79. The first-order chi connectivity index (χ1) is 10.5. The maximum atomic E-state index is 12.5. The number of carbonyl (C=O) groups excluding carboxylic acids is 4. The van der Waals surface area contributed by atoms with E-state index in [1.165, 1.54) is 6.92 Å². The molecular formula is C17H19NO4. The van der Waals surface area contributed by atoms with Gasteiger partial charge in [-0.25, -0.2) is 0 Å². The molecule has 0 radical (unpaired) electrons. The van der Waals surface area contributed by atoms with Crippen LogP contribution in [0.4, 0.5) is 0 Å². The first kappa shape index (κ1) is 16.1. The number of nitrogens with one attached hydrogen (secondary N) is 1. The number of benzene rings is 1. The summed E-state index contributed by atoms with van der Waals surface area (Å²) in [4.78, 5) is 48.0. The standard InChI is InChI=1S/C17H19NO4/c1-12(19)9-11-17(10-5-8-14(17)20)16(22)18-15(21)13-6-3-2-4-7-13/h2-4,6-7H,5,8-11H2,1H3,(H,18,21,22)/t17-/m1/s1. The fourth-order valence-corrected chi connectivity index (χ4v) is 2.82. The predicted molar refractivity (Wildman–Crippen MR) is 80.1 cm³/mol. The number of rotatable bonds is 5. The number of imide groups is 1. The fraction of sp³-hybridized carbons (Fsp3) is 0.412. The molecule has 0 spiro atoms. The van der Waals surface area contributed by atoms with Crippen LogP contribution >= 0.6 is 0 Å². The first-order valence-corrected chi connectivity index (χ1v) is 7.39. The van der Waals surface area contributed by atoms with Crippen molar-refractivity contribution in [3.05, 3.63) is 35.9 Å². The second-order valence-electron chi connectivity index (χ2n) is 5.71. The smallest absolute Gasteiger partial charge is 0.257 e. The van der Waals surface area contributed by atoms with Crippen LogP contribution in [0, 0.1) is 5.41 Å². The van der Waals surface area contributed by atoms with Gasteiger partial charge in [-0.05, 0) is 38.3 Å². The van der Waals surface area contributed by atoms with Crippen LogP contribution in [0.5, 0.6) is 0 Å². The Morgan fingerprint density at radius 1 is 1.18 bits per heavy atom. The molecule has 5 nitrogen and oxygen atoms in total. The summed E-state index contributed by atoms with van der Waals surface area (Å²) in [5.41, 5.74) is -0.862. The van der Waals surface area contributed by atoms with Gasteiger partial charge in [-0.15, -0.1) is 0 Å². The van der Waals surface area contributed by atoms with Gasteiger partial charge in [-0.1, -0.05) is 18.2 Å². The highest BCUT2D eigenvalue weighted by atomic mass is 16.2. The summed E-state index contributed by atoms with van der Waals surface area (Å²) in [5, 5.41) is 2.32. The van der Waals surface area contributed by atoms with Gasteiger partial charge in [-0.3, -0.25) is 19.7 Å². The summed E-state index contributed by atoms with van der Waals surface area (Å²) < 4.78 is 0. The topological polar surface area (TPSA) is 80.3 Å². The number of amides is 2. The molecule has 116 valence electrons.